The number of amides is 4. The molecule has 5 heterocycles. The highest BCUT2D eigenvalue weighted by molar-refractivity contribution is 6.25. The van der Waals surface area contributed by atoms with Crippen molar-refractivity contribution >= 4 is 46.0 Å². The van der Waals surface area contributed by atoms with Crippen LogP contribution >= 0.6 is 0 Å². The van der Waals surface area contributed by atoms with Gasteiger partial charge < -0.3 is 29.3 Å². The molecule has 18 heteroatoms. The van der Waals surface area contributed by atoms with Crippen LogP contribution in [0.1, 0.15) is 55.9 Å². The van der Waals surface area contributed by atoms with Crippen molar-refractivity contribution in [1.29, 1.82) is 0 Å². The molecule has 0 bridgehead atoms. The lowest BCUT2D eigenvalue weighted by atomic mass is 9.99. The molecule has 8 rings (SSSR count). The minimum absolute atomic E-state index is 0.0551. The number of aromatic nitrogens is 5. The Hall–Kier alpha value is -7.31. The third kappa shape index (κ3) is 9.29. The number of hydrogen-bond acceptors (Lipinski definition) is 15. The minimum Gasteiger partial charge on any atom is -0.424 e. The largest absolute Gasteiger partial charge is 0.424 e. The highest BCUT2D eigenvalue weighted by Crippen LogP contribution is 2.32. The van der Waals surface area contributed by atoms with Crippen LogP contribution in [-0.4, -0.2) is 92.5 Å². The summed E-state index contributed by atoms with van der Waals surface area (Å²) in [7, 11) is 0. The van der Waals surface area contributed by atoms with E-state index in [2.05, 4.69) is 36.2 Å². The molecule has 3 aromatic carbocycles. The predicted octanol–water partition coefficient (Wildman–Crippen LogP) is 4.02. The third-order valence-electron chi connectivity index (χ3n) is 10.2. The van der Waals surface area contributed by atoms with Gasteiger partial charge in [0.1, 0.15) is 23.1 Å². The van der Waals surface area contributed by atoms with E-state index in [4.69, 9.17) is 18.6 Å². The van der Waals surface area contributed by atoms with Crippen LogP contribution in [0.5, 0.6) is 11.8 Å². The van der Waals surface area contributed by atoms with Gasteiger partial charge in [-0.2, -0.15) is 0 Å². The number of nitrogens with one attached hydrogen (secondary N) is 3. The summed E-state index contributed by atoms with van der Waals surface area (Å²) < 4.78 is 24.5. The normalized spacial score (nSPS) is 15.0. The zero-order chi connectivity index (χ0) is 42.3. The number of carbonyl (C=O) groups excluding carboxylic acids is 4. The van der Waals surface area contributed by atoms with Crippen LogP contribution < -0.4 is 26.3 Å². The number of imide groups is 2. The van der Waals surface area contributed by atoms with Gasteiger partial charge in [-0.25, -0.2) is 19.4 Å². The Bertz CT molecular complexity index is 2670. The van der Waals surface area contributed by atoms with E-state index in [0.29, 0.717) is 75.1 Å². The first-order chi connectivity index (χ1) is 29.7. The van der Waals surface area contributed by atoms with Gasteiger partial charge in [0, 0.05) is 60.2 Å². The molecule has 2 aliphatic heterocycles. The number of anilines is 2. The van der Waals surface area contributed by atoms with Crippen LogP contribution in [-0.2, 0) is 38.6 Å². The molecule has 0 saturated carbocycles. The van der Waals surface area contributed by atoms with Crippen LogP contribution in [0.15, 0.2) is 94.5 Å². The van der Waals surface area contributed by atoms with E-state index in [1.54, 1.807) is 53.5 Å². The molecule has 0 aliphatic carbocycles. The Kier molecular flexibility index (Phi) is 12.1. The molecule has 1 saturated heterocycles. The van der Waals surface area contributed by atoms with E-state index >= 15 is 0 Å². The molecule has 2 aliphatic rings. The second kappa shape index (κ2) is 18.3. The fraction of sp³-hybridized carbons (Fsp3) is 0.279. The van der Waals surface area contributed by atoms with Crippen molar-refractivity contribution in [2.24, 2.45) is 0 Å². The zero-order valence-electron chi connectivity index (χ0n) is 33.1. The van der Waals surface area contributed by atoms with Gasteiger partial charge in [-0.1, -0.05) is 23.4 Å². The summed E-state index contributed by atoms with van der Waals surface area (Å²) in [5.74, 6) is -1.74. The van der Waals surface area contributed by atoms with Crippen molar-refractivity contribution < 1.29 is 37.8 Å². The molecule has 1 atom stereocenters. The van der Waals surface area contributed by atoms with E-state index in [-0.39, 0.29) is 30.0 Å². The van der Waals surface area contributed by atoms with E-state index in [1.807, 2.05) is 43.5 Å². The molecule has 1 fully saturated rings. The molecular weight excluding hydrogens is 787 g/mol. The SMILES string of the molecule is Cc1c(Cc2cccc(NCc3cn(CCOCCOCCNc4cccc5c4C(=O)N(C4CCC(=O)NC4=O)C5=O)nn3)c2)c(=O)oc2cc(Oc3ncccn3)ccc12. The van der Waals surface area contributed by atoms with Crippen LogP contribution in [0, 0.1) is 6.92 Å². The van der Waals surface area contributed by atoms with Gasteiger partial charge in [0.25, 0.3) is 11.8 Å². The summed E-state index contributed by atoms with van der Waals surface area (Å²) in [6.45, 7) is 4.62. The Morgan fingerprint density at radius 1 is 0.885 bits per heavy atom. The van der Waals surface area contributed by atoms with E-state index in [1.165, 1.54) is 0 Å². The zero-order valence-corrected chi connectivity index (χ0v) is 33.1. The Labute approximate surface area is 348 Å². The molecule has 312 valence electrons. The third-order valence-corrected chi connectivity index (χ3v) is 10.2. The minimum atomic E-state index is -1.03. The first-order valence-corrected chi connectivity index (χ1v) is 19.7. The molecular formula is C43H41N9O9. The average Bonchev–Trinajstić information content (AvgIpc) is 3.82. The summed E-state index contributed by atoms with van der Waals surface area (Å²) in [4.78, 5) is 72.4. The molecule has 0 spiro atoms. The summed E-state index contributed by atoms with van der Waals surface area (Å²) in [5.41, 5.74) is 4.84. The summed E-state index contributed by atoms with van der Waals surface area (Å²) in [6, 6.07) is 18.9. The Morgan fingerprint density at radius 3 is 2.54 bits per heavy atom. The van der Waals surface area contributed by atoms with Crippen molar-refractivity contribution in [3.63, 3.8) is 0 Å². The van der Waals surface area contributed by atoms with Crippen molar-refractivity contribution in [2.75, 3.05) is 43.6 Å². The van der Waals surface area contributed by atoms with Crippen LogP contribution in [0.2, 0.25) is 0 Å². The lowest BCUT2D eigenvalue weighted by Crippen LogP contribution is -2.54. The lowest BCUT2D eigenvalue weighted by Gasteiger charge is -2.27. The predicted molar refractivity (Wildman–Crippen MR) is 219 cm³/mol. The second-order valence-electron chi connectivity index (χ2n) is 14.3. The molecule has 4 amide bonds. The van der Waals surface area contributed by atoms with E-state index in [9.17, 15) is 24.0 Å². The van der Waals surface area contributed by atoms with Crippen LogP contribution in [0.4, 0.5) is 11.4 Å². The highest BCUT2D eigenvalue weighted by Gasteiger charge is 2.45. The second-order valence-corrected chi connectivity index (χ2v) is 14.3. The van der Waals surface area contributed by atoms with Gasteiger partial charge in [-0.15, -0.1) is 5.10 Å². The highest BCUT2D eigenvalue weighted by atomic mass is 16.5. The summed E-state index contributed by atoms with van der Waals surface area (Å²) in [6.07, 6.45) is 5.55. The molecule has 18 nitrogen and oxygen atoms in total. The first-order valence-electron chi connectivity index (χ1n) is 19.7. The number of hydrogen-bond donors (Lipinski definition) is 3. The van der Waals surface area contributed by atoms with E-state index in [0.717, 1.165) is 32.8 Å². The molecule has 61 heavy (non-hydrogen) atoms. The number of nitrogens with zero attached hydrogens (tertiary/aromatic N) is 6. The van der Waals surface area contributed by atoms with Gasteiger partial charge >= 0.3 is 11.6 Å². The summed E-state index contributed by atoms with van der Waals surface area (Å²) in [5, 5.41) is 18.0. The number of piperidine rings is 1. The average molecular weight is 828 g/mol. The van der Waals surface area contributed by atoms with Crippen LogP contribution in [0.25, 0.3) is 11.0 Å². The monoisotopic (exact) mass is 827 g/mol. The van der Waals surface area contributed by atoms with Crippen molar-refractivity contribution in [3.8, 4) is 11.8 Å². The number of aryl methyl sites for hydroxylation is 1. The standard InChI is InChI=1S/C43H41N9O9/c1-26-31-10-9-30(60-43-45-13-4-14-46-43)23-36(31)61-42(57)33(26)22-27-5-2-6-28(21-27)47-24-29-25-51(50-49-29)16-18-59-20-19-58-17-15-44-34-8-3-7-32-38(34)41(56)52(40(32)55)35-11-12-37(53)48-39(35)54/h2-10,13-14,21,23,25,35,44,47H,11-12,15-20,22,24H2,1H3,(H,48,53,54). The lowest BCUT2D eigenvalue weighted by molar-refractivity contribution is -0.136. The Balaban J connectivity index is 0.741. The maximum Gasteiger partial charge on any atom is 0.340 e. The first kappa shape index (κ1) is 40.5. The van der Waals surface area contributed by atoms with Gasteiger partial charge in [0.05, 0.1) is 56.8 Å². The number of benzene rings is 3. The molecule has 6 aromatic rings. The fourth-order valence-corrected chi connectivity index (χ4v) is 7.20. The van der Waals surface area contributed by atoms with Gasteiger partial charge in [0.2, 0.25) is 11.8 Å². The topological polar surface area (TPSA) is 222 Å². The van der Waals surface area contributed by atoms with Gasteiger partial charge in [-0.05, 0) is 66.9 Å². The van der Waals surface area contributed by atoms with Crippen molar-refractivity contribution in [1.82, 2.24) is 35.2 Å². The molecule has 0 radical (unpaired) electrons. The quantitative estimate of drug-likeness (QED) is 0.0633. The maximum atomic E-state index is 13.3. The number of ether oxygens (including phenoxy) is 3. The van der Waals surface area contributed by atoms with Crippen LogP contribution in [0.3, 0.4) is 0 Å². The van der Waals surface area contributed by atoms with Gasteiger partial charge in [0.15, 0.2) is 0 Å². The van der Waals surface area contributed by atoms with E-state index < -0.39 is 35.3 Å². The molecule has 3 aromatic heterocycles. The van der Waals surface area contributed by atoms with Gasteiger partial charge in [-0.3, -0.25) is 29.4 Å². The van der Waals surface area contributed by atoms with Crippen molar-refractivity contribution in [3.05, 3.63) is 129 Å². The number of fused-ring (bicyclic) bond motifs is 2. The Morgan fingerprint density at radius 2 is 1.70 bits per heavy atom. The summed E-state index contributed by atoms with van der Waals surface area (Å²) >= 11 is 0. The van der Waals surface area contributed by atoms with Crippen molar-refractivity contribution in [2.45, 2.75) is 45.3 Å². The smallest absolute Gasteiger partial charge is 0.340 e. The number of carbonyl (C=O) groups is 4. The number of rotatable bonds is 18. The fourth-order valence-electron chi connectivity index (χ4n) is 7.20. The molecule has 3 N–H and O–H groups in total. The molecule has 1 unspecified atom stereocenters. The maximum absolute atomic E-state index is 13.3.